The lowest BCUT2D eigenvalue weighted by Gasteiger charge is -2.29. The highest BCUT2D eigenvalue weighted by Crippen LogP contribution is 2.62. The van der Waals surface area contributed by atoms with Crippen LogP contribution < -0.4 is 0 Å². The highest BCUT2D eigenvalue weighted by molar-refractivity contribution is 7.54. The van der Waals surface area contributed by atoms with Gasteiger partial charge in [0.05, 0.1) is 18.9 Å². The van der Waals surface area contributed by atoms with Crippen LogP contribution in [0.15, 0.2) is 54.6 Å². The van der Waals surface area contributed by atoms with Crippen LogP contribution in [0, 0.1) is 0 Å². The minimum atomic E-state index is -3.47. The normalized spacial score (nSPS) is 12.5. The van der Waals surface area contributed by atoms with Crippen molar-refractivity contribution < 1.29 is 23.2 Å². The number of hydrogen-bond donors (Lipinski definition) is 0. The van der Waals surface area contributed by atoms with Crippen LogP contribution in [0.3, 0.4) is 0 Å². The van der Waals surface area contributed by atoms with Gasteiger partial charge in [-0.3, -0.25) is 14.2 Å². The Morgan fingerprint density at radius 1 is 1.03 bits per heavy atom. The molecule has 0 aromatic heterocycles. The van der Waals surface area contributed by atoms with Crippen molar-refractivity contribution in [1.29, 1.82) is 0 Å². The predicted molar refractivity (Wildman–Crippen MR) is 118 cm³/mol. The van der Waals surface area contributed by atoms with Crippen LogP contribution in [0.25, 0.3) is 0 Å². The molecule has 1 atom stereocenters. The second kappa shape index (κ2) is 12.2. The summed E-state index contributed by atoms with van der Waals surface area (Å²) in [5.74, 6) is -0.233. The molecule has 0 aliphatic heterocycles. The van der Waals surface area contributed by atoms with Crippen molar-refractivity contribution in [1.82, 2.24) is 5.06 Å². The number of nitrogens with zero attached hydrogens (tertiary/aromatic N) is 1. The Bertz CT molecular complexity index is 821. The summed E-state index contributed by atoms with van der Waals surface area (Å²) in [6.45, 7) is 5.99. The standard InChI is InChI=1S/C22H29ClNO5P/c1-4-28-30(26,29-5-2)22(20-11-13-21(23)14-12-20)15-16-24(18(3)25)27-17-19-9-7-6-8-10-19/h6-14,22H,4-5,15-17H2,1-3H3. The molecule has 0 fully saturated rings. The Hall–Kier alpha value is -1.69. The molecule has 0 heterocycles. The maximum absolute atomic E-state index is 13.5. The van der Waals surface area contributed by atoms with Crippen LogP contribution in [0.5, 0.6) is 0 Å². The molecule has 2 aromatic carbocycles. The van der Waals surface area contributed by atoms with E-state index in [-0.39, 0.29) is 32.3 Å². The average Bonchev–Trinajstić information content (AvgIpc) is 2.72. The molecule has 8 heteroatoms. The third-order valence-electron chi connectivity index (χ3n) is 4.44. The Morgan fingerprint density at radius 2 is 1.63 bits per heavy atom. The van der Waals surface area contributed by atoms with E-state index >= 15 is 0 Å². The zero-order valence-electron chi connectivity index (χ0n) is 17.6. The largest absolute Gasteiger partial charge is 0.338 e. The number of carbonyl (C=O) groups excluding carboxylic acids is 1. The second-order valence-electron chi connectivity index (χ2n) is 6.61. The maximum atomic E-state index is 13.5. The summed E-state index contributed by atoms with van der Waals surface area (Å²) in [4.78, 5) is 17.8. The zero-order chi connectivity index (χ0) is 22.0. The van der Waals surface area contributed by atoms with Gasteiger partial charge in [-0.25, -0.2) is 5.06 Å². The number of amides is 1. The molecule has 0 aliphatic rings. The molecular weight excluding hydrogens is 425 g/mol. The first kappa shape index (κ1) is 24.6. The van der Waals surface area contributed by atoms with Crippen molar-refractivity contribution >= 4 is 25.1 Å². The number of benzene rings is 2. The molecule has 0 N–H and O–H groups in total. The fraction of sp³-hybridized carbons (Fsp3) is 0.409. The number of hydroxylamine groups is 2. The lowest BCUT2D eigenvalue weighted by Crippen LogP contribution is -2.31. The quantitative estimate of drug-likeness (QED) is 0.290. The Morgan fingerprint density at radius 3 is 2.17 bits per heavy atom. The monoisotopic (exact) mass is 453 g/mol. The second-order valence-corrected chi connectivity index (χ2v) is 9.27. The molecule has 30 heavy (non-hydrogen) atoms. The summed E-state index contributed by atoms with van der Waals surface area (Å²) >= 11 is 6.02. The third kappa shape index (κ3) is 7.22. The first-order valence-electron chi connectivity index (χ1n) is 9.98. The lowest BCUT2D eigenvalue weighted by atomic mass is 10.1. The van der Waals surface area contributed by atoms with Crippen molar-refractivity contribution in [2.24, 2.45) is 0 Å². The lowest BCUT2D eigenvalue weighted by molar-refractivity contribution is -0.189. The highest BCUT2D eigenvalue weighted by atomic mass is 35.5. The fourth-order valence-electron chi connectivity index (χ4n) is 3.05. The van der Waals surface area contributed by atoms with Crippen molar-refractivity contribution in [3.8, 4) is 0 Å². The first-order valence-corrected chi connectivity index (χ1v) is 12.0. The Balaban J connectivity index is 2.19. The molecule has 0 spiro atoms. The fourth-order valence-corrected chi connectivity index (χ4v) is 5.30. The summed E-state index contributed by atoms with van der Waals surface area (Å²) in [6, 6.07) is 16.7. The molecule has 6 nitrogen and oxygen atoms in total. The summed E-state index contributed by atoms with van der Waals surface area (Å²) in [5, 5.41) is 1.87. The topological polar surface area (TPSA) is 65.1 Å². The third-order valence-corrected chi connectivity index (χ3v) is 7.25. The smallest absolute Gasteiger partial charge is 0.308 e. The summed E-state index contributed by atoms with van der Waals surface area (Å²) in [6.07, 6.45) is 0.341. The van der Waals surface area contributed by atoms with E-state index in [1.54, 1.807) is 38.1 Å². The predicted octanol–water partition coefficient (Wildman–Crippen LogP) is 6.02. The highest BCUT2D eigenvalue weighted by Gasteiger charge is 2.37. The minimum Gasteiger partial charge on any atom is -0.308 e. The molecule has 164 valence electrons. The van der Waals surface area contributed by atoms with Gasteiger partial charge in [-0.05, 0) is 43.5 Å². The molecule has 0 saturated carbocycles. The average molecular weight is 454 g/mol. The molecule has 0 bridgehead atoms. The van der Waals surface area contributed by atoms with Gasteiger partial charge in [-0.15, -0.1) is 0 Å². The maximum Gasteiger partial charge on any atom is 0.338 e. The van der Waals surface area contributed by atoms with Crippen LogP contribution in [0.1, 0.15) is 44.0 Å². The number of rotatable bonds is 12. The first-order chi connectivity index (χ1) is 14.4. The van der Waals surface area contributed by atoms with Gasteiger partial charge < -0.3 is 9.05 Å². The van der Waals surface area contributed by atoms with Gasteiger partial charge in [-0.2, -0.15) is 0 Å². The number of hydrogen-bond acceptors (Lipinski definition) is 5. The molecule has 0 aliphatic carbocycles. The van der Waals surface area contributed by atoms with E-state index in [1.165, 1.54) is 12.0 Å². The Labute approximate surface area is 183 Å². The van der Waals surface area contributed by atoms with E-state index in [4.69, 9.17) is 25.5 Å². The van der Waals surface area contributed by atoms with Crippen molar-refractivity contribution in [3.05, 3.63) is 70.7 Å². The summed E-state index contributed by atoms with van der Waals surface area (Å²) in [5.41, 5.74) is 1.17. The van der Waals surface area contributed by atoms with Gasteiger partial charge in [0.2, 0.25) is 5.91 Å². The SMILES string of the molecule is CCOP(=O)(OCC)C(CCN(OCc1ccccc1)C(C)=O)c1ccc(Cl)cc1. The van der Waals surface area contributed by atoms with Crippen LogP contribution in [0.2, 0.25) is 5.02 Å². The van der Waals surface area contributed by atoms with E-state index in [2.05, 4.69) is 0 Å². The molecule has 0 saturated heterocycles. The van der Waals surface area contributed by atoms with Gasteiger partial charge in [0.1, 0.15) is 6.61 Å². The van der Waals surface area contributed by atoms with E-state index in [0.29, 0.717) is 11.4 Å². The molecular formula is C22H29ClNO5P. The van der Waals surface area contributed by atoms with E-state index in [0.717, 1.165) is 11.1 Å². The van der Waals surface area contributed by atoms with Crippen molar-refractivity contribution in [2.75, 3.05) is 19.8 Å². The van der Waals surface area contributed by atoms with E-state index < -0.39 is 13.3 Å². The molecule has 2 aromatic rings. The van der Waals surface area contributed by atoms with Crippen molar-refractivity contribution in [3.63, 3.8) is 0 Å². The van der Waals surface area contributed by atoms with Gasteiger partial charge in [-0.1, -0.05) is 54.1 Å². The van der Waals surface area contributed by atoms with Crippen LogP contribution in [-0.2, 0) is 29.9 Å². The molecule has 1 amide bonds. The summed E-state index contributed by atoms with van der Waals surface area (Å²) < 4.78 is 24.7. The number of carbonyl (C=O) groups is 1. The zero-order valence-corrected chi connectivity index (χ0v) is 19.3. The summed E-state index contributed by atoms with van der Waals surface area (Å²) in [7, 11) is -3.47. The van der Waals surface area contributed by atoms with Crippen molar-refractivity contribution in [2.45, 2.75) is 39.5 Å². The number of halogens is 1. The van der Waals surface area contributed by atoms with Gasteiger partial charge in [0, 0.05) is 18.5 Å². The van der Waals surface area contributed by atoms with Gasteiger partial charge >= 0.3 is 7.60 Å². The Kier molecular flexibility index (Phi) is 10.0. The van der Waals surface area contributed by atoms with Crippen LogP contribution >= 0.6 is 19.2 Å². The van der Waals surface area contributed by atoms with Gasteiger partial charge in [0.15, 0.2) is 0 Å². The van der Waals surface area contributed by atoms with Gasteiger partial charge in [0.25, 0.3) is 0 Å². The molecule has 2 rings (SSSR count). The molecule has 0 radical (unpaired) electrons. The molecule has 1 unspecified atom stereocenters. The van der Waals surface area contributed by atoms with Crippen LogP contribution in [-0.4, -0.2) is 30.7 Å². The minimum absolute atomic E-state index is 0.233. The van der Waals surface area contributed by atoms with E-state index in [9.17, 15) is 9.36 Å². The van der Waals surface area contributed by atoms with Crippen LogP contribution in [0.4, 0.5) is 0 Å². The van der Waals surface area contributed by atoms with E-state index in [1.807, 2.05) is 30.3 Å².